The number of hydrogen-bond donors (Lipinski definition) is 1. The van der Waals surface area contributed by atoms with Crippen LogP contribution in [-0.4, -0.2) is 31.5 Å². The molecular formula is HMnO4Pb. The van der Waals surface area contributed by atoms with E-state index in [1.807, 2.05) is 0 Å². The van der Waals surface area contributed by atoms with Crippen molar-refractivity contribution in [2.24, 2.45) is 0 Å². The Morgan fingerprint density at radius 1 is 1.17 bits per heavy atom. The normalized spacial score (nSPS) is 9.50. The van der Waals surface area contributed by atoms with Gasteiger partial charge in [-0.2, -0.15) is 0 Å². The first-order valence-electron chi connectivity index (χ1n) is 0.632. The van der Waals surface area contributed by atoms with E-state index in [-0.39, 0.29) is 27.3 Å². The molecule has 0 atom stereocenters. The van der Waals surface area contributed by atoms with Crippen molar-refractivity contribution in [3.63, 3.8) is 0 Å². The van der Waals surface area contributed by atoms with E-state index in [0.717, 1.165) is 0 Å². The second-order valence-corrected chi connectivity index (χ2v) is 1.63. The van der Waals surface area contributed by atoms with Gasteiger partial charge in [0, 0.05) is 27.3 Å². The second-order valence-electron chi connectivity index (χ2n) is 0.396. The molecule has 0 aromatic carbocycles. The summed E-state index contributed by atoms with van der Waals surface area (Å²) < 4.78 is 33.1. The Morgan fingerprint density at radius 2 is 1.17 bits per heavy atom. The minimum Gasteiger partial charge on any atom is 0 e. The Morgan fingerprint density at radius 3 is 1.17 bits per heavy atom. The zero-order valence-electron chi connectivity index (χ0n) is 2.55. The van der Waals surface area contributed by atoms with Crippen LogP contribution in [0.2, 0.25) is 0 Å². The molecule has 6 heteroatoms. The molecule has 0 unspecified atom stereocenters. The van der Waals surface area contributed by atoms with E-state index >= 15 is 0 Å². The summed E-state index contributed by atoms with van der Waals surface area (Å²) >= 11 is -5.38. The van der Waals surface area contributed by atoms with Crippen molar-refractivity contribution in [3.8, 4) is 0 Å². The van der Waals surface area contributed by atoms with Gasteiger partial charge in [-0.3, -0.25) is 0 Å². The van der Waals surface area contributed by atoms with Gasteiger partial charge >= 0.3 is 28.7 Å². The van der Waals surface area contributed by atoms with Crippen molar-refractivity contribution in [2.75, 3.05) is 0 Å². The maximum absolute atomic E-state index is 8.69. The van der Waals surface area contributed by atoms with E-state index in [1.165, 1.54) is 0 Å². The summed E-state index contributed by atoms with van der Waals surface area (Å²) in [7, 11) is 0. The Kier molecular flexibility index (Phi) is 4.78. The van der Waals surface area contributed by atoms with Gasteiger partial charge in [-0.1, -0.05) is 0 Å². The first-order valence-corrected chi connectivity index (χ1v) is 2.61. The van der Waals surface area contributed by atoms with Crippen molar-refractivity contribution in [1.82, 2.24) is 0 Å². The molecule has 4 nitrogen and oxygen atoms in total. The van der Waals surface area contributed by atoms with Crippen LogP contribution in [0.3, 0.4) is 0 Å². The Labute approximate surface area is 55.9 Å². The van der Waals surface area contributed by atoms with Crippen LogP contribution < -0.4 is 0 Å². The Hall–Kier alpha value is 0.802. The Bertz CT molecular complexity index is 129. The molecule has 0 amide bonds. The molecule has 0 saturated carbocycles. The smallest absolute Gasteiger partial charge is 0 e. The standard InChI is InChI=1S/Mn.H2O.3O.Pb/h;1H2;;;;/q+1;;;;;/p-1. The average Bonchev–Trinajstić information content (AvgIpc) is 0.722. The van der Waals surface area contributed by atoms with Crippen molar-refractivity contribution in [3.05, 3.63) is 0 Å². The summed E-state index contributed by atoms with van der Waals surface area (Å²) in [6.45, 7) is 0. The molecule has 0 spiro atoms. The van der Waals surface area contributed by atoms with E-state index in [4.69, 9.17) is 15.7 Å². The topological polar surface area (TPSA) is 71.4 Å². The first-order chi connectivity index (χ1) is 2.00. The fraction of sp³-hybridized carbons (Fsp3) is 0. The average molecular weight is 327 g/mol. The van der Waals surface area contributed by atoms with Crippen molar-refractivity contribution < 1.29 is 28.7 Å². The predicted molar refractivity (Wildman–Crippen MR) is 10.0 cm³/mol. The molecule has 0 rings (SSSR count). The monoisotopic (exact) mass is 328 g/mol. The van der Waals surface area contributed by atoms with Crippen LogP contribution in [0.15, 0.2) is 0 Å². The molecule has 6 heavy (non-hydrogen) atoms. The fourth-order valence-electron chi connectivity index (χ4n) is 0. The molecule has 4 radical (unpaired) electrons. The van der Waals surface area contributed by atoms with Crippen molar-refractivity contribution in [2.45, 2.75) is 0 Å². The molecule has 0 aliphatic heterocycles. The van der Waals surface area contributed by atoms with Crippen LogP contribution in [0.25, 0.3) is 0 Å². The minimum atomic E-state index is -5.38. The van der Waals surface area contributed by atoms with E-state index < -0.39 is 13.0 Å². The molecule has 0 aliphatic rings. The maximum atomic E-state index is 8.69. The SMILES string of the molecule is [O]=[Mn](=[O])(=[O])[OH].[Pb]. The van der Waals surface area contributed by atoms with Gasteiger partial charge in [0.25, 0.3) is 0 Å². The Balaban J connectivity index is 0. The van der Waals surface area contributed by atoms with Gasteiger partial charge in [-0.05, 0) is 0 Å². The van der Waals surface area contributed by atoms with Crippen LogP contribution in [0, 0.1) is 0 Å². The van der Waals surface area contributed by atoms with E-state index in [2.05, 4.69) is 0 Å². The van der Waals surface area contributed by atoms with Gasteiger partial charge in [0.2, 0.25) is 0 Å². The largest absolute Gasteiger partial charge is 0 e. The van der Waals surface area contributed by atoms with Crippen LogP contribution in [0.1, 0.15) is 0 Å². The summed E-state index contributed by atoms with van der Waals surface area (Å²) in [5, 5.41) is 0. The third-order valence-corrected chi connectivity index (χ3v) is 0. The van der Waals surface area contributed by atoms with Crippen molar-refractivity contribution in [1.29, 1.82) is 0 Å². The molecule has 0 heterocycles. The van der Waals surface area contributed by atoms with Gasteiger partial charge in [-0.15, -0.1) is 0 Å². The molecule has 0 bridgehead atoms. The van der Waals surface area contributed by atoms with Gasteiger partial charge in [0.1, 0.15) is 0 Å². The maximum Gasteiger partial charge on any atom is 0 e. The van der Waals surface area contributed by atoms with Gasteiger partial charge < -0.3 is 0 Å². The summed E-state index contributed by atoms with van der Waals surface area (Å²) in [5.74, 6) is 0. The van der Waals surface area contributed by atoms with Gasteiger partial charge in [0.15, 0.2) is 0 Å². The summed E-state index contributed by atoms with van der Waals surface area (Å²) in [6, 6.07) is 0. The summed E-state index contributed by atoms with van der Waals surface area (Å²) in [4.78, 5) is 0. The third-order valence-electron chi connectivity index (χ3n) is 0. The van der Waals surface area contributed by atoms with Crippen LogP contribution in [-0.2, 0) is 24.5 Å². The van der Waals surface area contributed by atoms with E-state index in [1.54, 1.807) is 0 Å². The minimum absolute atomic E-state index is 0. The van der Waals surface area contributed by atoms with E-state index in [0.29, 0.717) is 0 Å². The third kappa shape index (κ3) is 108. The molecule has 0 aromatic rings. The summed E-state index contributed by atoms with van der Waals surface area (Å²) in [6.07, 6.45) is 0. The summed E-state index contributed by atoms with van der Waals surface area (Å²) in [5.41, 5.74) is 0. The van der Waals surface area contributed by atoms with Crippen LogP contribution in [0.4, 0.5) is 0 Å². The van der Waals surface area contributed by atoms with Crippen LogP contribution >= 0.6 is 0 Å². The molecule has 0 fully saturated rings. The quantitative estimate of drug-likeness (QED) is 0.562. The predicted octanol–water partition coefficient (Wildman–Crippen LogP) is -1.30. The van der Waals surface area contributed by atoms with Crippen LogP contribution in [0.5, 0.6) is 0 Å². The molecule has 0 aromatic heterocycles. The molecule has 36 valence electrons. The first kappa shape index (κ1) is 9.93. The molecule has 0 aliphatic carbocycles. The second kappa shape index (κ2) is 2.89. The number of rotatable bonds is 0. The van der Waals surface area contributed by atoms with Gasteiger partial charge in [0.05, 0.1) is 0 Å². The van der Waals surface area contributed by atoms with Gasteiger partial charge in [-0.25, -0.2) is 0 Å². The zero-order valence-corrected chi connectivity index (χ0v) is 7.62. The molecule has 0 saturated heterocycles. The van der Waals surface area contributed by atoms with Crippen molar-refractivity contribution >= 4 is 27.3 Å². The number of hydrogen-bond acceptors (Lipinski definition) is 3. The van der Waals surface area contributed by atoms with E-state index in [9.17, 15) is 0 Å². The molecule has 1 N–H and O–H groups in total. The zero-order chi connectivity index (χ0) is 4.50. The molecular weight excluding hydrogens is 326 g/mol. The fourth-order valence-corrected chi connectivity index (χ4v) is 0.